The molecule has 140 valence electrons. The van der Waals surface area contributed by atoms with Crippen LogP contribution in [-0.2, 0) is 24.8 Å². The van der Waals surface area contributed by atoms with E-state index in [1.165, 1.54) is 11.6 Å². The Bertz CT molecular complexity index is 745. The lowest BCUT2D eigenvalue weighted by Crippen LogP contribution is -2.38. The van der Waals surface area contributed by atoms with Crippen molar-refractivity contribution in [2.75, 3.05) is 20.1 Å². The Labute approximate surface area is 154 Å². The molecule has 3 rings (SSSR count). The van der Waals surface area contributed by atoms with Gasteiger partial charge in [-0.2, -0.15) is 5.10 Å². The Morgan fingerprint density at radius 2 is 2.12 bits per heavy atom. The van der Waals surface area contributed by atoms with Crippen LogP contribution in [0.1, 0.15) is 30.4 Å². The van der Waals surface area contributed by atoms with Gasteiger partial charge >= 0.3 is 0 Å². The van der Waals surface area contributed by atoms with Crippen molar-refractivity contribution in [1.82, 2.24) is 19.6 Å². The molecule has 2 heterocycles. The highest BCUT2D eigenvalue weighted by Crippen LogP contribution is 2.19. The first-order chi connectivity index (χ1) is 12.5. The third kappa shape index (κ3) is 4.69. The minimum Gasteiger partial charge on any atom is -0.342 e. The summed E-state index contributed by atoms with van der Waals surface area (Å²) in [4.78, 5) is 16.8. The number of likely N-dealkylation sites (tertiary alicyclic amines) is 1. The van der Waals surface area contributed by atoms with Crippen molar-refractivity contribution in [3.63, 3.8) is 0 Å². The number of amides is 1. The van der Waals surface area contributed by atoms with Gasteiger partial charge in [-0.1, -0.05) is 18.2 Å². The van der Waals surface area contributed by atoms with Gasteiger partial charge in [0, 0.05) is 45.0 Å². The van der Waals surface area contributed by atoms with E-state index in [2.05, 4.69) is 10.00 Å². The SMILES string of the molecule is CN(C(=O)Cc1ccccc1F)[C@H]1CCCN(Cc2cnn(C)c2)CC1. The van der Waals surface area contributed by atoms with E-state index in [0.29, 0.717) is 5.56 Å². The van der Waals surface area contributed by atoms with Gasteiger partial charge in [0.1, 0.15) is 5.82 Å². The first kappa shape index (κ1) is 18.6. The van der Waals surface area contributed by atoms with Crippen LogP contribution in [0.25, 0.3) is 0 Å². The molecule has 1 aliphatic heterocycles. The number of carbonyl (C=O) groups is 1. The van der Waals surface area contributed by atoms with Crippen LogP contribution in [0.2, 0.25) is 0 Å². The van der Waals surface area contributed by atoms with E-state index in [4.69, 9.17) is 0 Å². The molecule has 1 aromatic heterocycles. The minimum absolute atomic E-state index is 0.0131. The Morgan fingerprint density at radius 3 is 2.85 bits per heavy atom. The predicted octanol–water partition coefficient (Wildman–Crippen LogP) is 2.61. The smallest absolute Gasteiger partial charge is 0.227 e. The van der Waals surface area contributed by atoms with Crippen LogP contribution < -0.4 is 0 Å². The first-order valence-electron chi connectivity index (χ1n) is 9.22. The predicted molar refractivity (Wildman–Crippen MR) is 99.0 cm³/mol. The molecular weight excluding hydrogens is 331 g/mol. The van der Waals surface area contributed by atoms with Gasteiger partial charge in [-0.15, -0.1) is 0 Å². The Hall–Kier alpha value is -2.21. The minimum atomic E-state index is -0.308. The van der Waals surface area contributed by atoms with Gasteiger partial charge in [0.05, 0.1) is 12.6 Å². The second-order valence-electron chi connectivity index (χ2n) is 7.16. The van der Waals surface area contributed by atoms with Crippen LogP contribution in [0.4, 0.5) is 4.39 Å². The quantitative estimate of drug-likeness (QED) is 0.825. The monoisotopic (exact) mass is 358 g/mol. The molecule has 0 radical (unpaired) electrons. The zero-order valence-corrected chi connectivity index (χ0v) is 15.6. The van der Waals surface area contributed by atoms with E-state index in [0.717, 1.165) is 38.9 Å². The molecule has 0 aliphatic carbocycles. The first-order valence-corrected chi connectivity index (χ1v) is 9.22. The van der Waals surface area contributed by atoms with Gasteiger partial charge in [0.15, 0.2) is 0 Å². The van der Waals surface area contributed by atoms with Crippen LogP contribution in [0.15, 0.2) is 36.7 Å². The molecule has 1 amide bonds. The number of aromatic nitrogens is 2. The molecule has 0 spiro atoms. The number of benzene rings is 1. The molecule has 0 N–H and O–H groups in total. The van der Waals surface area contributed by atoms with Gasteiger partial charge < -0.3 is 4.90 Å². The highest BCUT2D eigenvalue weighted by Gasteiger charge is 2.24. The van der Waals surface area contributed by atoms with Crippen LogP contribution >= 0.6 is 0 Å². The average Bonchev–Trinajstić information content (AvgIpc) is 2.89. The van der Waals surface area contributed by atoms with E-state index >= 15 is 0 Å². The van der Waals surface area contributed by atoms with E-state index in [9.17, 15) is 9.18 Å². The molecule has 1 atom stereocenters. The summed E-state index contributed by atoms with van der Waals surface area (Å²) in [6.07, 6.45) is 7.07. The average molecular weight is 358 g/mol. The van der Waals surface area contributed by atoms with Gasteiger partial charge in [-0.05, 0) is 37.4 Å². The largest absolute Gasteiger partial charge is 0.342 e. The molecule has 0 bridgehead atoms. The summed E-state index contributed by atoms with van der Waals surface area (Å²) < 4.78 is 15.6. The molecule has 26 heavy (non-hydrogen) atoms. The number of carbonyl (C=O) groups excluding carboxylic acids is 1. The van der Waals surface area contributed by atoms with Gasteiger partial charge in [0.25, 0.3) is 0 Å². The molecule has 6 heteroatoms. The fourth-order valence-corrected chi connectivity index (χ4v) is 3.63. The number of hydrogen-bond acceptors (Lipinski definition) is 3. The molecule has 5 nitrogen and oxygen atoms in total. The zero-order chi connectivity index (χ0) is 18.5. The number of aryl methyl sites for hydroxylation is 1. The fraction of sp³-hybridized carbons (Fsp3) is 0.500. The Kier molecular flexibility index (Phi) is 6.04. The normalized spacial score (nSPS) is 18.5. The van der Waals surface area contributed by atoms with Crippen LogP contribution in [0, 0.1) is 5.82 Å². The summed E-state index contributed by atoms with van der Waals surface area (Å²) >= 11 is 0. The maximum absolute atomic E-state index is 13.8. The molecule has 1 aliphatic rings. The van der Waals surface area contributed by atoms with Crippen molar-refractivity contribution in [1.29, 1.82) is 0 Å². The number of rotatable bonds is 5. The molecule has 1 aromatic carbocycles. The fourth-order valence-electron chi connectivity index (χ4n) is 3.63. The summed E-state index contributed by atoms with van der Waals surface area (Å²) in [6.45, 7) is 2.88. The standard InChI is InChI=1S/C20H27FN4O/c1-23-14-16(13-22-23)15-25-10-5-7-18(9-11-25)24(2)20(26)12-17-6-3-4-8-19(17)21/h3-4,6,8,13-14,18H,5,7,9-12,15H2,1-2H3/t18-/m0/s1. The third-order valence-corrected chi connectivity index (χ3v) is 5.20. The van der Waals surface area contributed by atoms with E-state index in [-0.39, 0.29) is 24.2 Å². The van der Waals surface area contributed by atoms with Crippen LogP contribution in [0.3, 0.4) is 0 Å². The summed E-state index contributed by atoms with van der Waals surface area (Å²) in [7, 11) is 3.78. The molecule has 2 aromatic rings. The number of likely N-dealkylation sites (N-methyl/N-ethyl adjacent to an activating group) is 1. The van der Waals surface area contributed by atoms with Gasteiger partial charge in [-0.3, -0.25) is 14.4 Å². The summed E-state index contributed by atoms with van der Waals surface area (Å²) in [5, 5.41) is 4.23. The van der Waals surface area contributed by atoms with Crippen molar-refractivity contribution < 1.29 is 9.18 Å². The van der Waals surface area contributed by atoms with E-state index in [1.54, 1.807) is 18.2 Å². The lowest BCUT2D eigenvalue weighted by molar-refractivity contribution is -0.131. The number of nitrogens with zero attached hydrogens (tertiary/aromatic N) is 4. The molecular formula is C20H27FN4O. The van der Waals surface area contributed by atoms with Crippen molar-refractivity contribution in [3.05, 3.63) is 53.6 Å². The van der Waals surface area contributed by atoms with Crippen LogP contribution in [-0.4, -0.2) is 51.7 Å². The highest BCUT2D eigenvalue weighted by atomic mass is 19.1. The highest BCUT2D eigenvalue weighted by molar-refractivity contribution is 5.78. The second kappa shape index (κ2) is 8.45. The lowest BCUT2D eigenvalue weighted by atomic mass is 10.1. The lowest BCUT2D eigenvalue weighted by Gasteiger charge is -2.27. The maximum Gasteiger partial charge on any atom is 0.227 e. The second-order valence-corrected chi connectivity index (χ2v) is 7.16. The van der Waals surface area contributed by atoms with Crippen LogP contribution in [0.5, 0.6) is 0 Å². The van der Waals surface area contributed by atoms with E-state index < -0.39 is 0 Å². The van der Waals surface area contributed by atoms with Crippen molar-refractivity contribution >= 4 is 5.91 Å². The topological polar surface area (TPSA) is 41.4 Å². The third-order valence-electron chi connectivity index (χ3n) is 5.20. The maximum atomic E-state index is 13.8. The molecule has 1 fully saturated rings. The summed E-state index contributed by atoms with van der Waals surface area (Å²) in [5.41, 5.74) is 1.69. The molecule has 0 saturated carbocycles. The van der Waals surface area contributed by atoms with E-state index in [1.807, 2.05) is 36.1 Å². The van der Waals surface area contributed by atoms with Crippen molar-refractivity contribution in [2.24, 2.45) is 7.05 Å². The van der Waals surface area contributed by atoms with Gasteiger partial charge in [0.2, 0.25) is 5.91 Å². The summed E-state index contributed by atoms with van der Waals surface area (Å²) in [5.74, 6) is -0.321. The zero-order valence-electron chi connectivity index (χ0n) is 15.6. The van der Waals surface area contributed by atoms with Gasteiger partial charge in [-0.25, -0.2) is 4.39 Å². The summed E-state index contributed by atoms with van der Waals surface area (Å²) in [6, 6.07) is 6.73. The van der Waals surface area contributed by atoms with Crippen molar-refractivity contribution in [3.8, 4) is 0 Å². The Balaban J connectivity index is 1.54. The number of halogens is 1. The molecule has 0 unspecified atom stereocenters. The number of hydrogen-bond donors (Lipinski definition) is 0. The molecule has 1 saturated heterocycles. The Morgan fingerprint density at radius 1 is 1.31 bits per heavy atom. The van der Waals surface area contributed by atoms with Crippen molar-refractivity contribution in [2.45, 2.75) is 38.3 Å².